The van der Waals surface area contributed by atoms with Crippen molar-refractivity contribution in [1.29, 1.82) is 0 Å². The van der Waals surface area contributed by atoms with E-state index >= 15 is 0 Å². The molecule has 2 heterocycles. The quantitative estimate of drug-likeness (QED) is 0.902. The van der Waals surface area contributed by atoms with E-state index in [0.717, 1.165) is 44.5 Å². The molecule has 132 valence electrons. The highest BCUT2D eigenvalue weighted by Gasteiger charge is 2.29. The lowest BCUT2D eigenvalue weighted by Crippen LogP contribution is -2.45. The van der Waals surface area contributed by atoms with Crippen LogP contribution in [0.15, 0.2) is 30.7 Å². The summed E-state index contributed by atoms with van der Waals surface area (Å²) in [5.41, 5.74) is 3.60. The Morgan fingerprint density at radius 3 is 2.88 bits per heavy atom. The number of ether oxygens (including phenoxy) is 1. The Labute approximate surface area is 147 Å². The Hall–Kier alpha value is -2.50. The molecule has 6 heteroatoms. The minimum atomic E-state index is 0.0451. The Bertz CT molecular complexity index is 736. The van der Waals surface area contributed by atoms with Crippen LogP contribution in [0.2, 0.25) is 0 Å². The number of urea groups is 1. The number of fused-ring (bicyclic) bond motifs is 1. The largest absolute Gasteiger partial charge is 0.496 e. The standard InChI is InChI=1S/C19H24N4O2/c1-25-18-4-2-3-14-15(18)5-6-16(14)22-19(24)23-9-7-13(8-10-23)17-11-20-12-21-17/h2-4,11-13,16H,5-10H2,1H3,(H,20,21)(H,22,24)/t16-/m1/s1. The van der Waals surface area contributed by atoms with Gasteiger partial charge >= 0.3 is 6.03 Å². The molecule has 2 aromatic rings. The van der Waals surface area contributed by atoms with Gasteiger partial charge in [-0.2, -0.15) is 0 Å². The molecule has 0 spiro atoms. The number of aromatic amines is 1. The first-order chi connectivity index (χ1) is 12.3. The summed E-state index contributed by atoms with van der Waals surface area (Å²) in [5, 5.41) is 3.22. The van der Waals surface area contributed by atoms with Crippen LogP contribution < -0.4 is 10.1 Å². The monoisotopic (exact) mass is 340 g/mol. The van der Waals surface area contributed by atoms with Gasteiger partial charge in [-0.1, -0.05) is 12.1 Å². The van der Waals surface area contributed by atoms with E-state index in [0.29, 0.717) is 5.92 Å². The van der Waals surface area contributed by atoms with Crippen molar-refractivity contribution < 1.29 is 9.53 Å². The van der Waals surface area contributed by atoms with Crippen LogP contribution >= 0.6 is 0 Å². The van der Waals surface area contributed by atoms with Crippen LogP contribution in [-0.2, 0) is 6.42 Å². The molecule has 1 saturated heterocycles. The summed E-state index contributed by atoms with van der Waals surface area (Å²) in [5.74, 6) is 1.40. The molecule has 25 heavy (non-hydrogen) atoms. The molecule has 2 amide bonds. The highest BCUT2D eigenvalue weighted by atomic mass is 16.5. The molecule has 2 N–H and O–H groups in total. The number of H-pyrrole nitrogens is 1. The summed E-state index contributed by atoms with van der Waals surface area (Å²) < 4.78 is 5.44. The minimum Gasteiger partial charge on any atom is -0.496 e. The highest BCUT2D eigenvalue weighted by molar-refractivity contribution is 5.75. The molecule has 0 saturated carbocycles. The normalized spacial score (nSPS) is 20.4. The molecule has 1 aromatic heterocycles. The lowest BCUT2D eigenvalue weighted by molar-refractivity contribution is 0.177. The van der Waals surface area contributed by atoms with Crippen LogP contribution in [0.1, 0.15) is 48.0 Å². The predicted octanol–water partition coefficient (Wildman–Crippen LogP) is 2.99. The average molecular weight is 340 g/mol. The number of nitrogens with zero attached hydrogens (tertiary/aromatic N) is 2. The minimum absolute atomic E-state index is 0.0451. The Kier molecular flexibility index (Phi) is 4.34. The third-order valence-corrected chi connectivity index (χ3v) is 5.49. The molecule has 4 rings (SSSR count). The molecule has 1 aliphatic carbocycles. The first-order valence-electron chi connectivity index (χ1n) is 8.95. The van der Waals surface area contributed by atoms with Gasteiger partial charge in [0, 0.05) is 30.9 Å². The zero-order valence-corrected chi connectivity index (χ0v) is 14.5. The molecule has 1 fully saturated rings. The van der Waals surface area contributed by atoms with Gasteiger partial charge in [-0.05, 0) is 42.9 Å². The van der Waals surface area contributed by atoms with Gasteiger partial charge in [0.25, 0.3) is 0 Å². The van der Waals surface area contributed by atoms with Crippen molar-refractivity contribution in [1.82, 2.24) is 20.2 Å². The topological polar surface area (TPSA) is 70.2 Å². The van der Waals surface area contributed by atoms with Gasteiger partial charge in [0.2, 0.25) is 0 Å². The number of carbonyl (C=O) groups is 1. The fourth-order valence-electron chi connectivity index (χ4n) is 4.09. The summed E-state index contributed by atoms with van der Waals surface area (Å²) in [6.45, 7) is 1.57. The number of likely N-dealkylation sites (tertiary alicyclic amines) is 1. The first-order valence-corrected chi connectivity index (χ1v) is 8.95. The maximum absolute atomic E-state index is 12.7. The molecule has 1 atom stereocenters. The van der Waals surface area contributed by atoms with Crippen LogP contribution in [0.4, 0.5) is 4.79 Å². The number of imidazole rings is 1. The van der Waals surface area contributed by atoms with Gasteiger partial charge in [-0.3, -0.25) is 0 Å². The number of rotatable bonds is 3. The van der Waals surface area contributed by atoms with Gasteiger partial charge in [0.1, 0.15) is 5.75 Å². The van der Waals surface area contributed by atoms with Crippen LogP contribution in [0.3, 0.4) is 0 Å². The number of aromatic nitrogens is 2. The number of piperidine rings is 1. The van der Waals surface area contributed by atoms with Crippen LogP contribution in [0, 0.1) is 0 Å². The van der Waals surface area contributed by atoms with Gasteiger partial charge in [0.05, 0.1) is 19.5 Å². The molecule has 1 aromatic carbocycles. The van der Waals surface area contributed by atoms with E-state index < -0.39 is 0 Å². The summed E-state index contributed by atoms with van der Waals surface area (Å²) in [6, 6.07) is 6.22. The van der Waals surface area contributed by atoms with Crippen LogP contribution in [-0.4, -0.2) is 41.1 Å². The molecule has 6 nitrogen and oxygen atoms in total. The van der Waals surface area contributed by atoms with Gasteiger partial charge < -0.3 is 19.9 Å². The zero-order chi connectivity index (χ0) is 17.2. The highest BCUT2D eigenvalue weighted by Crippen LogP contribution is 2.37. The SMILES string of the molecule is COc1cccc2c1CC[C@H]2NC(=O)N1CCC(c2cnc[nH]2)CC1. The van der Waals surface area contributed by atoms with E-state index in [2.05, 4.69) is 21.4 Å². The van der Waals surface area contributed by atoms with Gasteiger partial charge in [0.15, 0.2) is 0 Å². The lowest BCUT2D eigenvalue weighted by Gasteiger charge is -2.32. The Morgan fingerprint density at radius 2 is 2.16 bits per heavy atom. The molecule has 0 radical (unpaired) electrons. The van der Waals surface area contributed by atoms with Crippen molar-refractivity contribution in [3.8, 4) is 5.75 Å². The molecule has 0 bridgehead atoms. The number of methoxy groups -OCH3 is 1. The lowest BCUT2D eigenvalue weighted by atomic mass is 9.94. The van der Waals surface area contributed by atoms with E-state index in [1.165, 1.54) is 16.8 Å². The van der Waals surface area contributed by atoms with Gasteiger partial charge in [-0.25, -0.2) is 9.78 Å². The number of benzene rings is 1. The summed E-state index contributed by atoms with van der Waals surface area (Å²) in [4.78, 5) is 21.9. The van der Waals surface area contributed by atoms with Crippen molar-refractivity contribution >= 4 is 6.03 Å². The van der Waals surface area contributed by atoms with E-state index in [9.17, 15) is 4.79 Å². The Balaban J connectivity index is 1.37. The third-order valence-electron chi connectivity index (χ3n) is 5.49. The average Bonchev–Trinajstić information content (AvgIpc) is 3.32. The first kappa shape index (κ1) is 16.0. The molecular formula is C19H24N4O2. The van der Waals surface area contributed by atoms with Crippen molar-refractivity contribution in [2.45, 2.75) is 37.6 Å². The van der Waals surface area contributed by atoms with Crippen molar-refractivity contribution in [2.75, 3.05) is 20.2 Å². The van der Waals surface area contributed by atoms with E-state index in [4.69, 9.17) is 4.74 Å². The number of carbonyl (C=O) groups excluding carboxylic acids is 1. The van der Waals surface area contributed by atoms with Crippen molar-refractivity contribution in [3.63, 3.8) is 0 Å². The molecular weight excluding hydrogens is 316 g/mol. The molecule has 0 unspecified atom stereocenters. The summed E-state index contributed by atoms with van der Waals surface area (Å²) in [7, 11) is 1.70. The molecule has 2 aliphatic rings. The third kappa shape index (κ3) is 3.08. The fourth-order valence-corrected chi connectivity index (χ4v) is 4.09. The summed E-state index contributed by atoms with van der Waals surface area (Å²) >= 11 is 0. The number of hydrogen-bond donors (Lipinski definition) is 2. The summed E-state index contributed by atoms with van der Waals surface area (Å²) in [6.07, 6.45) is 7.46. The van der Waals surface area contributed by atoms with Gasteiger partial charge in [-0.15, -0.1) is 0 Å². The second-order valence-corrected chi connectivity index (χ2v) is 6.84. The van der Waals surface area contributed by atoms with E-state index in [1.807, 2.05) is 23.2 Å². The smallest absolute Gasteiger partial charge is 0.317 e. The van der Waals surface area contributed by atoms with Crippen LogP contribution in [0.5, 0.6) is 5.75 Å². The maximum atomic E-state index is 12.7. The maximum Gasteiger partial charge on any atom is 0.317 e. The second-order valence-electron chi connectivity index (χ2n) is 6.84. The van der Waals surface area contributed by atoms with E-state index in [1.54, 1.807) is 13.4 Å². The number of amides is 2. The zero-order valence-electron chi connectivity index (χ0n) is 14.5. The molecule has 1 aliphatic heterocycles. The number of nitrogens with one attached hydrogen (secondary N) is 2. The van der Waals surface area contributed by atoms with Crippen molar-refractivity contribution in [2.24, 2.45) is 0 Å². The van der Waals surface area contributed by atoms with E-state index in [-0.39, 0.29) is 12.1 Å². The van der Waals surface area contributed by atoms with Crippen molar-refractivity contribution in [3.05, 3.63) is 47.5 Å². The fraction of sp³-hybridized carbons (Fsp3) is 0.474. The Morgan fingerprint density at radius 1 is 1.32 bits per heavy atom. The predicted molar refractivity (Wildman–Crippen MR) is 94.7 cm³/mol. The second kappa shape index (κ2) is 6.78. The van der Waals surface area contributed by atoms with Crippen LogP contribution in [0.25, 0.3) is 0 Å². The number of hydrogen-bond acceptors (Lipinski definition) is 3.